The van der Waals surface area contributed by atoms with Gasteiger partial charge in [-0.05, 0) is 14.1 Å². The van der Waals surface area contributed by atoms with Crippen LogP contribution in [0.25, 0.3) is 0 Å². The molecule has 0 amide bonds. The summed E-state index contributed by atoms with van der Waals surface area (Å²) < 4.78 is 19.0. The third-order valence-corrected chi connectivity index (χ3v) is 8.27. The second-order valence-electron chi connectivity index (χ2n) is 8.86. The summed E-state index contributed by atoms with van der Waals surface area (Å²) in [5, 5.41) is 106. The molecule has 21 heteroatoms. The lowest BCUT2D eigenvalue weighted by Gasteiger charge is -2.38. The van der Waals surface area contributed by atoms with Crippen LogP contribution in [0.1, 0.15) is 6.42 Å². The summed E-state index contributed by atoms with van der Waals surface area (Å²) in [6.45, 7) is -0.257. The lowest BCUT2D eigenvalue weighted by molar-refractivity contribution is -0.308. The highest BCUT2D eigenvalue weighted by molar-refractivity contribution is 7.54. The molecular formula is C21H49Cl2N4O14P. The van der Waals surface area contributed by atoms with E-state index in [1.807, 2.05) is 0 Å². The number of nitrogens with zero attached hydrogens (tertiary/aromatic N) is 1. The third-order valence-electron chi connectivity index (χ3n) is 5.62. The van der Waals surface area contributed by atoms with Crippen LogP contribution in [0.3, 0.4) is 0 Å². The van der Waals surface area contributed by atoms with Gasteiger partial charge in [-0.25, -0.2) is 9.97 Å². The molecule has 42 heavy (non-hydrogen) atoms. The molecule has 1 saturated heterocycles. The monoisotopic (exact) mass is 682 g/mol. The second-order valence-corrected chi connectivity index (χ2v) is 11.7. The Kier molecular flexibility index (Phi) is 26.7. The molecule has 0 aliphatic carbocycles. The van der Waals surface area contributed by atoms with Gasteiger partial charge < -0.3 is 66.2 Å². The molecule has 0 aromatic rings. The van der Waals surface area contributed by atoms with E-state index < -0.39 is 75.9 Å². The van der Waals surface area contributed by atoms with E-state index in [0.29, 0.717) is 25.4 Å². The van der Waals surface area contributed by atoms with Gasteiger partial charge in [0.2, 0.25) is 0 Å². The van der Waals surface area contributed by atoms with E-state index in [9.17, 15) is 14.8 Å². The Morgan fingerprint density at radius 3 is 1.60 bits per heavy atom. The molecule has 2 unspecified atom stereocenters. The van der Waals surface area contributed by atoms with Gasteiger partial charge in [0.25, 0.3) is 0 Å². The summed E-state index contributed by atoms with van der Waals surface area (Å²) in [6, 6.07) is 0. The van der Waals surface area contributed by atoms with Crippen LogP contribution in [0.4, 0.5) is 0 Å². The van der Waals surface area contributed by atoms with E-state index in [0.717, 1.165) is 0 Å². The van der Waals surface area contributed by atoms with Crippen LogP contribution in [0, 0.1) is 0 Å². The first-order valence-electron chi connectivity index (χ1n) is 12.9. The number of aliphatic hydroxyl groups is 10. The fourth-order valence-electron chi connectivity index (χ4n) is 3.25. The van der Waals surface area contributed by atoms with Crippen LogP contribution in [0.2, 0.25) is 0 Å². The largest absolute Gasteiger partial charge is 0.394 e. The van der Waals surface area contributed by atoms with E-state index in [2.05, 4.69) is 20.6 Å². The van der Waals surface area contributed by atoms with Crippen molar-refractivity contribution in [3.63, 3.8) is 0 Å². The van der Waals surface area contributed by atoms with Gasteiger partial charge >= 0.3 is 7.67 Å². The van der Waals surface area contributed by atoms with Gasteiger partial charge in [0.05, 0.1) is 32.0 Å². The molecule has 256 valence electrons. The van der Waals surface area contributed by atoms with E-state index in [4.69, 9.17) is 73.8 Å². The van der Waals surface area contributed by atoms with Crippen molar-refractivity contribution in [1.82, 2.24) is 20.4 Å². The molecule has 14 N–H and O–H groups in total. The first kappa shape index (κ1) is 44.3. The SMILES string of the molecule is CNC[C@H](O)[C@@H](O)[C@H](O)[C@H](O)CO.CNC[C@H](O)[C@@H](O)[C@H](O)[C@H](O)CO.O=P1(NCCCl)OCCC(OO)N1CCCl. The average molecular weight is 684 g/mol. The molecule has 0 spiro atoms. The fourth-order valence-corrected chi connectivity index (χ4v) is 5.80. The van der Waals surface area contributed by atoms with Crippen molar-refractivity contribution < 1.29 is 70.3 Å². The second kappa shape index (κ2) is 25.3. The normalized spacial score (nSPS) is 25.0. The van der Waals surface area contributed by atoms with E-state index >= 15 is 0 Å². The van der Waals surface area contributed by atoms with Crippen LogP contribution >= 0.6 is 30.9 Å². The summed E-state index contributed by atoms with van der Waals surface area (Å²) in [7, 11) is -0.0514. The fraction of sp³-hybridized carbons (Fsp3) is 1.00. The molecule has 10 atom stereocenters. The highest BCUT2D eigenvalue weighted by Gasteiger charge is 2.41. The highest BCUT2D eigenvalue weighted by Crippen LogP contribution is 2.51. The minimum atomic E-state index is -3.20. The number of alkyl halides is 2. The van der Waals surface area contributed by atoms with Gasteiger partial charge in [-0.15, -0.1) is 23.2 Å². The molecule has 1 aliphatic rings. The Bertz CT molecular complexity index is 671. The quantitative estimate of drug-likeness (QED) is 0.0278. The molecule has 18 nitrogen and oxygen atoms in total. The number of hydrogen-bond acceptors (Lipinski definition) is 16. The Hall–Kier alpha value is 0.130. The topological polar surface area (TPSA) is 297 Å². The van der Waals surface area contributed by atoms with Crippen LogP contribution in [0.5, 0.6) is 0 Å². The predicted octanol–water partition coefficient (Wildman–Crippen LogP) is -5.02. The van der Waals surface area contributed by atoms with Crippen LogP contribution < -0.4 is 15.7 Å². The molecule has 0 aromatic heterocycles. The summed E-state index contributed by atoms with van der Waals surface area (Å²) in [5.74, 6) is 0.572. The molecule has 0 bridgehead atoms. The first-order valence-corrected chi connectivity index (χ1v) is 15.6. The van der Waals surface area contributed by atoms with Crippen molar-refractivity contribution >= 4 is 30.9 Å². The zero-order valence-corrected chi connectivity index (χ0v) is 26.0. The molecule has 1 rings (SSSR count). The van der Waals surface area contributed by atoms with E-state index in [1.54, 1.807) is 14.1 Å². The number of aliphatic hydroxyl groups excluding tert-OH is 10. The van der Waals surface area contributed by atoms with Crippen LogP contribution in [0.15, 0.2) is 0 Å². The van der Waals surface area contributed by atoms with Crippen molar-refractivity contribution in [3.05, 3.63) is 0 Å². The molecule has 1 heterocycles. The Balaban J connectivity index is 0. The lowest BCUT2D eigenvalue weighted by Crippen LogP contribution is -2.48. The predicted molar refractivity (Wildman–Crippen MR) is 152 cm³/mol. The number of nitrogens with one attached hydrogen (secondary N) is 3. The van der Waals surface area contributed by atoms with Crippen molar-refractivity contribution in [3.8, 4) is 0 Å². The minimum Gasteiger partial charge on any atom is -0.394 e. The van der Waals surface area contributed by atoms with Gasteiger partial charge in [0, 0.05) is 44.4 Å². The lowest BCUT2D eigenvalue weighted by atomic mass is 10.0. The van der Waals surface area contributed by atoms with Gasteiger partial charge in [-0.1, -0.05) is 0 Å². The number of hydrogen-bond donors (Lipinski definition) is 14. The van der Waals surface area contributed by atoms with Gasteiger partial charge in [0.15, 0.2) is 6.23 Å². The number of halogens is 2. The number of rotatable bonds is 18. The zero-order valence-electron chi connectivity index (χ0n) is 23.6. The van der Waals surface area contributed by atoms with Gasteiger partial charge in [-0.3, -0.25) is 9.82 Å². The van der Waals surface area contributed by atoms with E-state index in [-0.39, 0.29) is 25.6 Å². The van der Waals surface area contributed by atoms with Crippen LogP contribution in [-0.2, 0) is 14.0 Å². The summed E-state index contributed by atoms with van der Waals surface area (Å²) in [4.78, 5) is 4.27. The molecule has 1 aliphatic heterocycles. The standard InChI is InChI=1S/C7H15Cl2N2O4P.2C7H17NO5/c8-2-4-10-16(13)11(5-3-9)7(15-12)1-6-14-16;2*1-8-2-4(10)6(12)7(13)5(11)3-9/h7,12H,1-6H2,(H,10,13);2*4-13H,2-3H2,1H3/t;2*4-,5+,6+,7+/m.00/s1. The molecular weight excluding hydrogens is 634 g/mol. The average Bonchev–Trinajstić information content (AvgIpc) is 2.99. The first-order chi connectivity index (χ1) is 19.8. The molecule has 1 fully saturated rings. The Labute approximate surface area is 254 Å². The number of likely N-dealkylation sites (N-methyl/N-ethyl adjacent to an activating group) is 2. The van der Waals surface area contributed by atoms with Crippen molar-refractivity contribution in [1.29, 1.82) is 0 Å². The summed E-state index contributed by atoms with van der Waals surface area (Å²) in [6.07, 6.45) is -11.5. The summed E-state index contributed by atoms with van der Waals surface area (Å²) >= 11 is 11.1. The maximum absolute atomic E-state index is 12.4. The Morgan fingerprint density at radius 1 is 0.833 bits per heavy atom. The Morgan fingerprint density at radius 2 is 1.26 bits per heavy atom. The highest BCUT2D eigenvalue weighted by atomic mass is 35.5. The van der Waals surface area contributed by atoms with Crippen molar-refractivity contribution in [2.75, 3.05) is 71.9 Å². The van der Waals surface area contributed by atoms with Gasteiger partial charge in [0.1, 0.15) is 36.6 Å². The maximum Gasteiger partial charge on any atom is 0.345 e. The summed E-state index contributed by atoms with van der Waals surface area (Å²) in [5.41, 5.74) is 0. The van der Waals surface area contributed by atoms with Crippen molar-refractivity contribution in [2.24, 2.45) is 0 Å². The third kappa shape index (κ3) is 16.4. The minimum absolute atomic E-state index is 0.0936. The molecule has 0 radical (unpaired) electrons. The van der Waals surface area contributed by atoms with E-state index in [1.165, 1.54) is 4.67 Å². The van der Waals surface area contributed by atoms with Gasteiger partial charge in [-0.2, -0.15) is 4.67 Å². The maximum atomic E-state index is 12.4. The zero-order chi connectivity index (χ0) is 32.9. The van der Waals surface area contributed by atoms with Crippen molar-refractivity contribution in [2.45, 2.75) is 61.5 Å². The molecule has 0 aromatic carbocycles. The smallest absolute Gasteiger partial charge is 0.345 e. The molecule has 0 saturated carbocycles. The van der Waals surface area contributed by atoms with Crippen LogP contribution in [-0.4, -0.2) is 188 Å².